The van der Waals surface area contributed by atoms with Crippen LogP contribution in [0.3, 0.4) is 0 Å². The predicted molar refractivity (Wildman–Crippen MR) is 72.5 cm³/mol. The molecule has 2 heterocycles. The van der Waals surface area contributed by atoms with Gasteiger partial charge in [-0.25, -0.2) is 18.2 Å². The molecule has 0 aliphatic rings. The molecule has 10 heteroatoms. The second kappa shape index (κ2) is 5.21. The molecule has 20 heavy (non-hydrogen) atoms. The summed E-state index contributed by atoms with van der Waals surface area (Å²) in [7, 11) is -3.89. The van der Waals surface area contributed by atoms with E-state index in [0.717, 1.165) is 11.3 Å². The number of carboxylic acids is 1. The fraction of sp³-hybridized carbons (Fsp3) is 0.300. The van der Waals surface area contributed by atoms with Crippen molar-refractivity contribution in [2.24, 2.45) is 0 Å². The maximum atomic E-state index is 12.2. The number of rotatable bonds is 5. The van der Waals surface area contributed by atoms with E-state index in [1.54, 1.807) is 11.6 Å². The number of sulfonamides is 1. The van der Waals surface area contributed by atoms with Crippen LogP contribution < -0.4 is 4.72 Å². The van der Waals surface area contributed by atoms with Crippen LogP contribution in [0.1, 0.15) is 23.1 Å². The van der Waals surface area contributed by atoms with Gasteiger partial charge in [0.1, 0.15) is 9.90 Å². The Balaban J connectivity index is 2.38. The third kappa shape index (κ3) is 2.51. The monoisotopic (exact) mass is 316 g/mol. The first kappa shape index (κ1) is 14.5. The molecule has 0 radical (unpaired) electrons. The van der Waals surface area contributed by atoms with Gasteiger partial charge in [0.2, 0.25) is 0 Å². The topological polar surface area (TPSA) is 114 Å². The number of thiazole rings is 1. The molecule has 0 spiro atoms. The highest BCUT2D eigenvalue weighted by atomic mass is 32.2. The van der Waals surface area contributed by atoms with E-state index in [4.69, 9.17) is 5.11 Å². The van der Waals surface area contributed by atoms with Crippen molar-refractivity contribution in [1.29, 1.82) is 0 Å². The van der Waals surface area contributed by atoms with Crippen molar-refractivity contribution in [2.75, 3.05) is 4.72 Å². The summed E-state index contributed by atoms with van der Waals surface area (Å²) < 4.78 is 28.3. The van der Waals surface area contributed by atoms with Crippen molar-refractivity contribution >= 4 is 32.3 Å². The Morgan fingerprint density at radius 2 is 2.25 bits per heavy atom. The maximum Gasteiger partial charge on any atom is 0.357 e. The number of hydrogen-bond donors (Lipinski definition) is 2. The standard InChI is InChI=1S/C10H12N4O4S2/c1-3-14-6(2)7(4-12-14)20(17,18)13-9-8(10(15)16)11-5-19-9/h4-5,13H,3H2,1-2H3,(H,15,16). The van der Waals surface area contributed by atoms with Crippen LogP contribution in [0, 0.1) is 6.92 Å². The van der Waals surface area contributed by atoms with Gasteiger partial charge < -0.3 is 5.11 Å². The van der Waals surface area contributed by atoms with Crippen LogP contribution in [0.15, 0.2) is 16.6 Å². The zero-order valence-electron chi connectivity index (χ0n) is 10.7. The normalized spacial score (nSPS) is 11.5. The lowest BCUT2D eigenvalue weighted by Gasteiger charge is -2.06. The zero-order valence-corrected chi connectivity index (χ0v) is 12.3. The summed E-state index contributed by atoms with van der Waals surface area (Å²) in [5.41, 5.74) is 1.43. The Bertz CT molecular complexity index is 747. The van der Waals surface area contributed by atoms with E-state index in [-0.39, 0.29) is 15.6 Å². The van der Waals surface area contributed by atoms with Crippen molar-refractivity contribution in [3.8, 4) is 0 Å². The molecule has 0 amide bonds. The number of nitrogens with zero attached hydrogens (tertiary/aromatic N) is 3. The molecule has 0 aliphatic carbocycles. The molecule has 0 unspecified atom stereocenters. The summed E-state index contributed by atoms with van der Waals surface area (Å²) in [5, 5.41) is 12.8. The molecule has 2 rings (SSSR count). The second-order valence-corrected chi connectivity index (χ2v) is 6.36. The van der Waals surface area contributed by atoms with Gasteiger partial charge in [0, 0.05) is 6.54 Å². The Kier molecular flexibility index (Phi) is 3.77. The van der Waals surface area contributed by atoms with Gasteiger partial charge in [-0.3, -0.25) is 9.40 Å². The number of hydrogen-bond acceptors (Lipinski definition) is 6. The van der Waals surface area contributed by atoms with Crippen molar-refractivity contribution in [2.45, 2.75) is 25.3 Å². The molecule has 108 valence electrons. The number of aryl methyl sites for hydroxylation is 1. The molecule has 0 fully saturated rings. The van der Waals surface area contributed by atoms with E-state index in [1.807, 2.05) is 6.92 Å². The average molecular weight is 316 g/mol. The minimum atomic E-state index is -3.89. The smallest absolute Gasteiger partial charge is 0.357 e. The van der Waals surface area contributed by atoms with Gasteiger partial charge in [0.15, 0.2) is 5.69 Å². The molecule has 2 N–H and O–H groups in total. The highest BCUT2D eigenvalue weighted by Crippen LogP contribution is 2.25. The summed E-state index contributed by atoms with van der Waals surface area (Å²) in [6, 6.07) is 0. The molecule has 0 aromatic carbocycles. The molecule has 8 nitrogen and oxygen atoms in total. The van der Waals surface area contributed by atoms with Crippen molar-refractivity contribution in [1.82, 2.24) is 14.8 Å². The highest BCUT2D eigenvalue weighted by Gasteiger charge is 2.24. The first-order valence-electron chi connectivity index (χ1n) is 5.58. The lowest BCUT2D eigenvalue weighted by Crippen LogP contribution is -2.15. The van der Waals surface area contributed by atoms with Crippen LogP contribution >= 0.6 is 11.3 Å². The Labute approximate surface area is 119 Å². The molecule has 0 bridgehead atoms. The molecule has 0 aliphatic heterocycles. The molecular formula is C10H12N4O4S2. The average Bonchev–Trinajstić information content (AvgIpc) is 2.95. The summed E-state index contributed by atoms with van der Waals surface area (Å²) >= 11 is 0.908. The van der Waals surface area contributed by atoms with Crippen LogP contribution in [-0.4, -0.2) is 34.3 Å². The van der Waals surface area contributed by atoms with Gasteiger partial charge in [-0.2, -0.15) is 5.10 Å². The van der Waals surface area contributed by atoms with E-state index in [2.05, 4.69) is 14.8 Å². The number of nitrogens with one attached hydrogen (secondary N) is 1. The van der Waals surface area contributed by atoms with Crippen molar-refractivity contribution < 1.29 is 18.3 Å². The number of aromatic carboxylic acids is 1. The van der Waals surface area contributed by atoms with Crippen LogP contribution in [0.4, 0.5) is 5.00 Å². The van der Waals surface area contributed by atoms with Gasteiger partial charge in [-0.15, -0.1) is 11.3 Å². The van der Waals surface area contributed by atoms with Gasteiger partial charge in [0.25, 0.3) is 10.0 Å². The molecule has 2 aromatic heterocycles. The molecule has 0 saturated heterocycles. The van der Waals surface area contributed by atoms with Gasteiger partial charge in [-0.1, -0.05) is 0 Å². The minimum Gasteiger partial charge on any atom is -0.476 e. The number of carboxylic acid groups (broad SMARTS) is 1. The minimum absolute atomic E-state index is 0.0177. The van der Waals surface area contributed by atoms with Crippen molar-refractivity contribution in [3.63, 3.8) is 0 Å². The quantitative estimate of drug-likeness (QED) is 0.855. The van der Waals surface area contributed by atoms with Gasteiger partial charge in [0.05, 0.1) is 17.4 Å². The van der Waals surface area contributed by atoms with E-state index in [0.29, 0.717) is 12.2 Å². The molecule has 0 saturated carbocycles. The molecule has 0 atom stereocenters. The zero-order chi connectivity index (χ0) is 14.9. The fourth-order valence-electron chi connectivity index (χ4n) is 1.66. The van der Waals surface area contributed by atoms with E-state index in [9.17, 15) is 13.2 Å². The summed E-state index contributed by atoms with van der Waals surface area (Å²) in [6.45, 7) is 4.02. The summed E-state index contributed by atoms with van der Waals surface area (Å²) in [6.07, 6.45) is 1.24. The van der Waals surface area contributed by atoms with Crippen LogP contribution in [0.5, 0.6) is 0 Å². The first-order chi connectivity index (χ1) is 9.36. The van der Waals surface area contributed by atoms with Gasteiger partial charge >= 0.3 is 5.97 Å². The first-order valence-corrected chi connectivity index (χ1v) is 7.95. The maximum absolute atomic E-state index is 12.2. The Morgan fingerprint density at radius 1 is 1.55 bits per heavy atom. The molecular weight excluding hydrogens is 304 g/mol. The fourth-order valence-corrected chi connectivity index (χ4v) is 3.83. The van der Waals surface area contributed by atoms with Crippen LogP contribution in [0.25, 0.3) is 0 Å². The lowest BCUT2D eigenvalue weighted by atomic mass is 10.5. The largest absolute Gasteiger partial charge is 0.476 e. The van der Waals surface area contributed by atoms with E-state index in [1.165, 1.54) is 11.7 Å². The van der Waals surface area contributed by atoms with Crippen LogP contribution in [-0.2, 0) is 16.6 Å². The highest BCUT2D eigenvalue weighted by molar-refractivity contribution is 7.93. The van der Waals surface area contributed by atoms with Crippen molar-refractivity contribution in [3.05, 3.63) is 23.1 Å². The predicted octanol–water partition coefficient (Wildman–Crippen LogP) is 1.17. The second-order valence-electron chi connectivity index (χ2n) is 3.85. The van der Waals surface area contributed by atoms with Gasteiger partial charge in [-0.05, 0) is 13.8 Å². The van der Waals surface area contributed by atoms with E-state index >= 15 is 0 Å². The Morgan fingerprint density at radius 3 is 2.80 bits per heavy atom. The number of aromatic nitrogens is 3. The third-order valence-corrected chi connectivity index (χ3v) is 4.97. The number of anilines is 1. The van der Waals surface area contributed by atoms with E-state index < -0.39 is 16.0 Å². The third-order valence-electron chi connectivity index (χ3n) is 2.64. The SMILES string of the molecule is CCn1ncc(S(=O)(=O)Nc2scnc2C(=O)O)c1C. The molecule has 2 aromatic rings. The summed E-state index contributed by atoms with van der Waals surface area (Å²) in [4.78, 5) is 14.5. The summed E-state index contributed by atoms with van der Waals surface area (Å²) in [5.74, 6) is -1.29. The lowest BCUT2D eigenvalue weighted by molar-refractivity contribution is 0.0692. The number of carbonyl (C=O) groups is 1. The Hall–Kier alpha value is -1.94. The van der Waals surface area contributed by atoms with Crippen LogP contribution in [0.2, 0.25) is 0 Å².